The van der Waals surface area contributed by atoms with Gasteiger partial charge in [0.15, 0.2) is 0 Å². The van der Waals surface area contributed by atoms with E-state index in [2.05, 4.69) is 45.1 Å². The lowest BCUT2D eigenvalue weighted by atomic mass is 9.98. The molecule has 0 radical (unpaired) electrons. The first kappa shape index (κ1) is 17.4. The van der Waals surface area contributed by atoms with Crippen LogP contribution in [-0.4, -0.2) is 10.9 Å². The molecule has 0 atom stereocenters. The van der Waals surface area contributed by atoms with Crippen molar-refractivity contribution in [1.29, 1.82) is 0 Å². The Morgan fingerprint density at radius 2 is 1.92 bits per heavy atom. The van der Waals surface area contributed by atoms with Crippen LogP contribution in [-0.2, 0) is 17.8 Å². The predicted molar refractivity (Wildman–Crippen MR) is 101 cm³/mol. The minimum Gasteiger partial charge on any atom is -0.467 e. The molecule has 0 aliphatic rings. The van der Waals surface area contributed by atoms with Gasteiger partial charge in [-0.3, -0.25) is 4.79 Å². The molecule has 0 unspecified atom stereocenters. The molecule has 130 valence electrons. The third kappa shape index (κ3) is 3.99. The molecule has 0 aliphatic heterocycles. The third-order valence-electron chi connectivity index (χ3n) is 4.29. The Morgan fingerprint density at radius 1 is 1.16 bits per heavy atom. The number of nitrogens with one attached hydrogen (secondary N) is 1. The molecule has 0 saturated carbocycles. The topological polar surface area (TPSA) is 55.1 Å². The number of amides is 1. The molecule has 2 heterocycles. The van der Waals surface area contributed by atoms with Crippen LogP contribution in [0.5, 0.6) is 0 Å². The predicted octanol–water partition coefficient (Wildman–Crippen LogP) is 4.50. The molecular weight excluding hydrogens is 332 g/mol. The molecule has 25 heavy (non-hydrogen) atoms. The van der Waals surface area contributed by atoms with E-state index in [1.807, 2.05) is 12.1 Å². The van der Waals surface area contributed by atoms with Gasteiger partial charge in [-0.2, -0.15) is 0 Å². The van der Waals surface area contributed by atoms with Gasteiger partial charge < -0.3 is 9.73 Å². The first-order valence-electron chi connectivity index (χ1n) is 8.27. The summed E-state index contributed by atoms with van der Waals surface area (Å²) in [4.78, 5) is 18.0. The van der Waals surface area contributed by atoms with Crippen molar-refractivity contribution in [2.45, 2.75) is 40.7 Å². The van der Waals surface area contributed by atoms with Crippen LogP contribution >= 0.6 is 11.3 Å². The Labute approximate surface area is 151 Å². The summed E-state index contributed by atoms with van der Waals surface area (Å²) in [5, 5.41) is 3.70. The summed E-state index contributed by atoms with van der Waals surface area (Å²) in [5.74, 6) is 0.698. The van der Waals surface area contributed by atoms with Crippen molar-refractivity contribution in [2.24, 2.45) is 0 Å². The average Bonchev–Trinajstić information content (AvgIpc) is 3.19. The second kappa shape index (κ2) is 7.23. The van der Waals surface area contributed by atoms with Crippen molar-refractivity contribution in [2.75, 3.05) is 0 Å². The first-order chi connectivity index (χ1) is 11.9. The lowest BCUT2D eigenvalue weighted by molar-refractivity contribution is -0.120. The third-order valence-corrected chi connectivity index (χ3v) is 5.26. The SMILES string of the molecule is Cc1cc(C)c(-c2nc(CC(=O)NCc3ccco3)sc2C)cc1C. The second-order valence-electron chi connectivity index (χ2n) is 6.30. The lowest BCUT2D eigenvalue weighted by Crippen LogP contribution is -2.24. The molecule has 0 bridgehead atoms. The smallest absolute Gasteiger partial charge is 0.227 e. The highest BCUT2D eigenvalue weighted by Crippen LogP contribution is 2.31. The monoisotopic (exact) mass is 354 g/mol. The van der Waals surface area contributed by atoms with Gasteiger partial charge in [-0.15, -0.1) is 11.3 Å². The number of rotatable bonds is 5. The highest BCUT2D eigenvalue weighted by atomic mass is 32.1. The normalized spacial score (nSPS) is 10.9. The van der Waals surface area contributed by atoms with Crippen LogP contribution in [0.25, 0.3) is 11.3 Å². The van der Waals surface area contributed by atoms with Crippen molar-refractivity contribution in [1.82, 2.24) is 10.3 Å². The fourth-order valence-corrected chi connectivity index (χ4v) is 3.74. The zero-order valence-electron chi connectivity index (χ0n) is 15.0. The number of hydrogen-bond acceptors (Lipinski definition) is 4. The maximum Gasteiger partial charge on any atom is 0.227 e. The maximum absolute atomic E-state index is 12.1. The number of aromatic nitrogens is 1. The fourth-order valence-electron chi connectivity index (χ4n) is 2.79. The van der Waals surface area contributed by atoms with Gasteiger partial charge in [0.2, 0.25) is 5.91 Å². The van der Waals surface area contributed by atoms with Gasteiger partial charge in [-0.25, -0.2) is 4.98 Å². The summed E-state index contributed by atoms with van der Waals surface area (Å²) in [6.07, 6.45) is 1.89. The molecule has 3 aromatic rings. The summed E-state index contributed by atoms with van der Waals surface area (Å²) in [6, 6.07) is 8.03. The molecule has 0 aliphatic carbocycles. The van der Waals surface area contributed by atoms with E-state index in [0.717, 1.165) is 26.9 Å². The Morgan fingerprint density at radius 3 is 2.64 bits per heavy atom. The summed E-state index contributed by atoms with van der Waals surface area (Å²) < 4.78 is 5.22. The lowest BCUT2D eigenvalue weighted by Gasteiger charge is -2.08. The van der Waals surface area contributed by atoms with Gasteiger partial charge in [0, 0.05) is 10.4 Å². The van der Waals surface area contributed by atoms with Crippen LogP contribution in [0.4, 0.5) is 0 Å². The van der Waals surface area contributed by atoms with Gasteiger partial charge in [-0.05, 0) is 62.6 Å². The number of hydrogen-bond donors (Lipinski definition) is 1. The minimum atomic E-state index is -0.0477. The van der Waals surface area contributed by atoms with E-state index >= 15 is 0 Å². The van der Waals surface area contributed by atoms with Crippen molar-refractivity contribution in [3.8, 4) is 11.3 Å². The number of carbonyl (C=O) groups is 1. The first-order valence-corrected chi connectivity index (χ1v) is 9.09. The van der Waals surface area contributed by atoms with Crippen LogP contribution in [0.1, 0.15) is 32.3 Å². The van der Waals surface area contributed by atoms with Crippen molar-refractivity contribution in [3.63, 3.8) is 0 Å². The van der Waals surface area contributed by atoms with Crippen molar-refractivity contribution in [3.05, 3.63) is 62.9 Å². The number of nitrogens with zero attached hydrogens (tertiary/aromatic N) is 1. The van der Waals surface area contributed by atoms with E-state index in [9.17, 15) is 4.79 Å². The Kier molecular flexibility index (Phi) is 5.04. The summed E-state index contributed by atoms with van der Waals surface area (Å²) in [7, 11) is 0. The van der Waals surface area contributed by atoms with Crippen LogP contribution in [0.2, 0.25) is 0 Å². The number of benzene rings is 1. The average molecular weight is 354 g/mol. The van der Waals surface area contributed by atoms with Crippen molar-refractivity contribution < 1.29 is 9.21 Å². The second-order valence-corrected chi connectivity index (χ2v) is 7.58. The molecule has 5 heteroatoms. The highest BCUT2D eigenvalue weighted by Gasteiger charge is 2.15. The van der Waals surface area contributed by atoms with Gasteiger partial charge in [0.25, 0.3) is 0 Å². The van der Waals surface area contributed by atoms with Crippen LogP contribution in [0.3, 0.4) is 0 Å². The standard InChI is InChI=1S/C20H22N2O2S/c1-12-8-14(3)17(9-13(12)2)20-15(4)25-19(22-20)10-18(23)21-11-16-6-5-7-24-16/h5-9H,10-11H2,1-4H3,(H,21,23). The quantitative estimate of drug-likeness (QED) is 0.734. The number of aryl methyl sites for hydroxylation is 4. The maximum atomic E-state index is 12.1. The van der Waals surface area contributed by atoms with Crippen LogP contribution in [0.15, 0.2) is 34.9 Å². The fraction of sp³-hybridized carbons (Fsp3) is 0.300. The molecular formula is C20H22N2O2S. The Hall–Kier alpha value is -2.40. The minimum absolute atomic E-state index is 0.0477. The van der Waals surface area contributed by atoms with E-state index in [1.54, 1.807) is 17.6 Å². The summed E-state index contributed by atoms with van der Waals surface area (Å²) in [5.41, 5.74) is 5.89. The Bertz CT molecular complexity index is 895. The molecule has 4 nitrogen and oxygen atoms in total. The Balaban J connectivity index is 1.74. The molecule has 0 spiro atoms. The number of furan rings is 1. The largest absolute Gasteiger partial charge is 0.467 e. The van der Waals surface area contributed by atoms with E-state index < -0.39 is 0 Å². The summed E-state index contributed by atoms with van der Waals surface area (Å²) in [6.45, 7) is 8.80. The molecule has 0 fully saturated rings. The van der Waals surface area contributed by atoms with Gasteiger partial charge >= 0.3 is 0 Å². The van der Waals surface area contributed by atoms with Gasteiger partial charge in [0.1, 0.15) is 10.8 Å². The zero-order chi connectivity index (χ0) is 18.0. The molecule has 3 rings (SSSR count). The highest BCUT2D eigenvalue weighted by molar-refractivity contribution is 7.12. The number of carbonyl (C=O) groups excluding carboxylic acids is 1. The van der Waals surface area contributed by atoms with Crippen LogP contribution in [0, 0.1) is 27.7 Å². The van der Waals surface area contributed by atoms with Gasteiger partial charge in [-0.1, -0.05) is 6.07 Å². The van der Waals surface area contributed by atoms with E-state index in [1.165, 1.54) is 16.7 Å². The van der Waals surface area contributed by atoms with E-state index in [-0.39, 0.29) is 12.3 Å². The molecule has 1 amide bonds. The summed E-state index contributed by atoms with van der Waals surface area (Å²) >= 11 is 1.58. The molecule has 2 aromatic heterocycles. The molecule has 1 aromatic carbocycles. The van der Waals surface area contributed by atoms with Crippen LogP contribution < -0.4 is 5.32 Å². The molecule has 0 saturated heterocycles. The van der Waals surface area contributed by atoms with E-state index in [4.69, 9.17) is 9.40 Å². The number of thiazole rings is 1. The van der Waals surface area contributed by atoms with E-state index in [0.29, 0.717) is 6.54 Å². The van der Waals surface area contributed by atoms with Gasteiger partial charge in [0.05, 0.1) is 24.9 Å². The zero-order valence-corrected chi connectivity index (χ0v) is 15.8. The molecule has 1 N–H and O–H groups in total. The van der Waals surface area contributed by atoms with Crippen molar-refractivity contribution >= 4 is 17.2 Å².